The van der Waals surface area contributed by atoms with Crippen molar-refractivity contribution in [2.45, 2.75) is 19.3 Å². The number of fused-ring (bicyclic) bond motifs is 1. The van der Waals surface area contributed by atoms with Gasteiger partial charge in [0.25, 0.3) is 0 Å². The smallest absolute Gasteiger partial charge is 0.341 e. The van der Waals surface area contributed by atoms with E-state index in [0.29, 0.717) is 11.7 Å². The quantitative estimate of drug-likeness (QED) is 0.794. The number of rotatable bonds is 5. The van der Waals surface area contributed by atoms with Crippen molar-refractivity contribution in [1.29, 1.82) is 0 Å². The molecule has 102 valence electrons. The Morgan fingerprint density at radius 2 is 2.32 bits per heavy atom. The van der Waals surface area contributed by atoms with E-state index in [1.165, 1.54) is 5.56 Å². The molecular weight excluding hydrogens is 244 g/mol. The van der Waals surface area contributed by atoms with Crippen LogP contribution in [0, 0.1) is 5.92 Å². The molecule has 0 spiro atoms. The van der Waals surface area contributed by atoms with E-state index in [1.54, 1.807) is 6.08 Å². The molecule has 0 heterocycles. The predicted octanol–water partition coefficient (Wildman–Crippen LogP) is 1.80. The molecule has 1 aliphatic carbocycles. The molecule has 0 amide bonds. The van der Waals surface area contributed by atoms with E-state index in [4.69, 9.17) is 14.9 Å². The highest BCUT2D eigenvalue weighted by molar-refractivity contribution is 5.68. The van der Waals surface area contributed by atoms with Crippen LogP contribution in [0.1, 0.15) is 17.5 Å². The zero-order valence-corrected chi connectivity index (χ0v) is 10.7. The molecule has 1 atom stereocenters. The van der Waals surface area contributed by atoms with Crippen molar-refractivity contribution >= 4 is 5.97 Å². The lowest BCUT2D eigenvalue weighted by Gasteiger charge is -2.24. The third kappa shape index (κ3) is 3.58. The monoisotopic (exact) mass is 262 g/mol. The van der Waals surface area contributed by atoms with E-state index in [9.17, 15) is 4.79 Å². The van der Waals surface area contributed by atoms with Gasteiger partial charge in [-0.2, -0.15) is 0 Å². The molecule has 2 N–H and O–H groups in total. The Morgan fingerprint density at radius 3 is 3.05 bits per heavy atom. The predicted molar refractivity (Wildman–Crippen MR) is 71.3 cm³/mol. The summed E-state index contributed by atoms with van der Waals surface area (Å²) >= 11 is 0. The molecule has 0 saturated carbocycles. The maximum absolute atomic E-state index is 10.6. The van der Waals surface area contributed by atoms with Crippen LogP contribution < -0.4 is 4.74 Å². The summed E-state index contributed by atoms with van der Waals surface area (Å²) in [5.74, 6) is 0.163. The number of aliphatic carboxylic acids is 1. The number of aliphatic hydroxyl groups is 1. The lowest BCUT2D eigenvalue weighted by Crippen LogP contribution is -2.16. The van der Waals surface area contributed by atoms with Crippen molar-refractivity contribution < 1.29 is 19.7 Å². The third-order valence-electron chi connectivity index (χ3n) is 3.34. The van der Waals surface area contributed by atoms with Crippen LogP contribution in [0.15, 0.2) is 30.4 Å². The first-order valence-electron chi connectivity index (χ1n) is 6.43. The summed E-state index contributed by atoms with van der Waals surface area (Å²) < 4.78 is 5.32. The third-order valence-corrected chi connectivity index (χ3v) is 3.34. The molecule has 2 rings (SSSR count). The molecule has 19 heavy (non-hydrogen) atoms. The van der Waals surface area contributed by atoms with Crippen LogP contribution in [-0.2, 0) is 17.6 Å². The Hall–Kier alpha value is -1.81. The first-order chi connectivity index (χ1) is 9.20. The van der Waals surface area contributed by atoms with Gasteiger partial charge in [-0.05, 0) is 42.4 Å². The van der Waals surface area contributed by atoms with Crippen LogP contribution in [0.3, 0.4) is 0 Å². The summed E-state index contributed by atoms with van der Waals surface area (Å²) in [4.78, 5) is 10.6. The van der Waals surface area contributed by atoms with Crippen molar-refractivity contribution in [1.82, 2.24) is 0 Å². The summed E-state index contributed by atoms with van der Waals surface area (Å²) in [6, 6.07) is 5.78. The Balaban J connectivity index is 2.11. The largest absolute Gasteiger partial charge is 0.482 e. The molecule has 1 aliphatic rings. The Kier molecular flexibility index (Phi) is 4.58. The second-order valence-corrected chi connectivity index (χ2v) is 4.69. The highest BCUT2D eigenvalue weighted by atomic mass is 16.5. The van der Waals surface area contributed by atoms with Crippen LogP contribution in [0.4, 0.5) is 0 Å². The van der Waals surface area contributed by atoms with E-state index in [1.807, 2.05) is 18.2 Å². The first kappa shape index (κ1) is 13.6. The van der Waals surface area contributed by atoms with Gasteiger partial charge in [-0.3, -0.25) is 0 Å². The van der Waals surface area contributed by atoms with E-state index in [2.05, 4.69) is 6.07 Å². The number of hydrogen-bond acceptors (Lipinski definition) is 3. The molecule has 0 radical (unpaired) electrons. The van der Waals surface area contributed by atoms with E-state index < -0.39 is 5.97 Å². The minimum atomic E-state index is -0.961. The molecular formula is C15H18O4. The Labute approximate surface area is 112 Å². The number of carbonyl (C=O) groups is 1. The van der Waals surface area contributed by atoms with Gasteiger partial charge in [-0.1, -0.05) is 24.3 Å². The van der Waals surface area contributed by atoms with Gasteiger partial charge in [0.1, 0.15) is 5.75 Å². The number of carboxylic acids is 1. The van der Waals surface area contributed by atoms with Crippen LogP contribution in [0.25, 0.3) is 0 Å². The summed E-state index contributed by atoms with van der Waals surface area (Å²) in [6.07, 6.45) is 6.62. The van der Waals surface area contributed by atoms with E-state index in [0.717, 1.165) is 24.8 Å². The fraction of sp³-hybridized carbons (Fsp3) is 0.400. The van der Waals surface area contributed by atoms with Crippen LogP contribution >= 0.6 is 0 Å². The molecule has 0 aromatic heterocycles. The SMILES string of the molecule is O=C(O)COc1cccc2c1CCC(/C=C/CO)C2. The van der Waals surface area contributed by atoms with E-state index in [-0.39, 0.29) is 13.2 Å². The number of hydrogen-bond donors (Lipinski definition) is 2. The highest BCUT2D eigenvalue weighted by Crippen LogP contribution is 2.32. The van der Waals surface area contributed by atoms with Crippen LogP contribution in [0.5, 0.6) is 5.75 Å². The molecule has 1 aromatic carbocycles. The zero-order chi connectivity index (χ0) is 13.7. The van der Waals surface area contributed by atoms with Crippen LogP contribution in [0.2, 0.25) is 0 Å². The fourth-order valence-electron chi connectivity index (χ4n) is 2.49. The second-order valence-electron chi connectivity index (χ2n) is 4.69. The van der Waals surface area contributed by atoms with Gasteiger partial charge in [0, 0.05) is 0 Å². The van der Waals surface area contributed by atoms with E-state index >= 15 is 0 Å². The topological polar surface area (TPSA) is 66.8 Å². The fourth-order valence-corrected chi connectivity index (χ4v) is 2.49. The molecule has 4 nitrogen and oxygen atoms in total. The van der Waals surface area contributed by atoms with Gasteiger partial charge in [-0.25, -0.2) is 4.79 Å². The Morgan fingerprint density at radius 1 is 1.47 bits per heavy atom. The lowest BCUT2D eigenvalue weighted by atomic mass is 9.83. The molecule has 0 aliphatic heterocycles. The molecule has 0 fully saturated rings. The van der Waals surface area contributed by atoms with Gasteiger partial charge in [0.2, 0.25) is 0 Å². The minimum absolute atomic E-state index is 0.0745. The van der Waals surface area contributed by atoms with Gasteiger partial charge in [-0.15, -0.1) is 0 Å². The lowest BCUT2D eigenvalue weighted by molar-refractivity contribution is -0.139. The molecule has 1 unspecified atom stereocenters. The zero-order valence-electron chi connectivity index (χ0n) is 10.7. The molecule has 0 saturated heterocycles. The van der Waals surface area contributed by atoms with Gasteiger partial charge >= 0.3 is 5.97 Å². The van der Waals surface area contributed by atoms with Crippen LogP contribution in [-0.4, -0.2) is 29.4 Å². The summed E-state index contributed by atoms with van der Waals surface area (Å²) in [7, 11) is 0. The van der Waals surface area contributed by atoms with Crippen molar-refractivity contribution in [3.8, 4) is 5.75 Å². The van der Waals surface area contributed by atoms with Gasteiger partial charge in [0.15, 0.2) is 6.61 Å². The second kappa shape index (κ2) is 6.38. The summed E-state index contributed by atoms with van der Waals surface area (Å²) in [6.45, 7) is -0.227. The van der Waals surface area contributed by atoms with Crippen molar-refractivity contribution in [3.05, 3.63) is 41.5 Å². The summed E-state index contributed by atoms with van der Waals surface area (Å²) in [5.41, 5.74) is 2.33. The summed E-state index contributed by atoms with van der Waals surface area (Å²) in [5, 5.41) is 17.5. The molecule has 4 heteroatoms. The molecule has 1 aromatic rings. The standard InChI is InChI=1S/C15H18O4/c16-8-2-3-11-6-7-13-12(9-11)4-1-5-14(13)19-10-15(17)18/h1-5,11,16H,6-10H2,(H,17,18)/b3-2+. The van der Waals surface area contributed by atoms with Crippen molar-refractivity contribution in [2.24, 2.45) is 5.92 Å². The number of aliphatic hydroxyl groups excluding tert-OH is 1. The maximum atomic E-state index is 10.6. The molecule has 0 bridgehead atoms. The number of ether oxygens (including phenoxy) is 1. The number of carboxylic acid groups (broad SMARTS) is 1. The van der Waals surface area contributed by atoms with Crippen molar-refractivity contribution in [3.63, 3.8) is 0 Å². The van der Waals surface area contributed by atoms with Gasteiger partial charge in [0.05, 0.1) is 6.61 Å². The van der Waals surface area contributed by atoms with Gasteiger partial charge < -0.3 is 14.9 Å². The minimum Gasteiger partial charge on any atom is -0.482 e. The highest BCUT2D eigenvalue weighted by Gasteiger charge is 2.19. The first-order valence-corrected chi connectivity index (χ1v) is 6.43. The van der Waals surface area contributed by atoms with Crippen molar-refractivity contribution in [2.75, 3.05) is 13.2 Å². The average Bonchev–Trinajstić information content (AvgIpc) is 2.42. The normalized spacial score (nSPS) is 18.3. The number of allylic oxidation sites excluding steroid dienone is 1. The number of benzene rings is 1. The maximum Gasteiger partial charge on any atom is 0.341 e. The Bertz CT molecular complexity index is 479. The average molecular weight is 262 g/mol.